The highest BCUT2D eigenvalue weighted by Crippen LogP contribution is 2.35. The van der Waals surface area contributed by atoms with E-state index < -0.39 is 17.9 Å². The summed E-state index contributed by atoms with van der Waals surface area (Å²) in [5.41, 5.74) is 1.92. The van der Waals surface area contributed by atoms with Crippen LogP contribution in [0.1, 0.15) is 17.2 Å². The molecule has 0 saturated heterocycles. The van der Waals surface area contributed by atoms with E-state index in [1.807, 2.05) is 24.3 Å². The molecule has 1 aliphatic carbocycles. The van der Waals surface area contributed by atoms with Crippen molar-refractivity contribution >= 4 is 12.4 Å². The van der Waals surface area contributed by atoms with E-state index in [1.54, 1.807) is 0 Å². The number of nitrogens with one attached hydrogen (secondary N) is 1. The zero-order valence-electron chi connectivity index (χ0n) is 8.01. The molecule has 0 radical (unpaired) electrons. The number of hydrogen-bond acceptors (Lipinski definition) is 2. The van der Waals surface area contributed by atoms with Gasteiger partial charge in [-0.3, -0.25) is 9.59 Å². The summed E-state index contributed by atoms with van der Waals surface area (Å²) in [4.78, 5) is 21.4. The molecule has 0 saturated carbocycles. The third-order valence-corrected chi connectivity index (χ3v) is 2.80. The molecule has 2 rings (SSSR count). The molecule has 2 N–H and O–H groups in total. The number of carbonyl (C=O) groups is 2. The van der Waals surface area contributed by atoms with Crippen molar-refractivity contribution in [1.29, 1.82) is 0 Å². The maximum absolute atomic E-state index is 11.0. The molecule has 0 aromatic heterocycles. The topological polar surface area (TPSA) is 66.4 Å². The molecule has 2 unspecified atom stereocenters. The van der Waals surface area contributed by atoms with Crippen LogP contribution in [0.25, 0.3) is 0 Å². The third kappa shape index (κ3) is 1.58. The van der Waals surface area contributed by atoms with Crippen LogP contribution < -0.4 is 5.32 Å². The molecule has 4 nitrogen and oxygen atoms in total. The Kier molecular flexibility index (Phi) is 2.41. The highest BCUT2D eigenvalue weighted by Gasteiger charge is 2.36. The minimum absolute atomic E-state index is 0.392. The first kappa shape index (κ1) is 9.71. The van der Waals surface area contributed by atoms with E-state index in [0.29, 0.717) is 12.8 Å². The van der Waals surface area contributed by atoms with Gasteiger partial charge in [-0.2, -0.15) is 0 Å². The summed E-state index contributed by atoms with van der Waals surface area (Å²) >= 11 is 0. The van der Waals surface area contributed by atoms with E-state index in [-0.39, 0.29) is 0 Å². The monoisotopic (exact) mass is 205 g/mol. The van der Waals surface area contributed by atoms with Crippen LogP contribution >= 0.6 is 0 Å². The number of aliphatic carboxylic acids is 1. The molecule has 1 aromatic carbocycles. The van der Waals surface area contributed by atoms with Gasteiger partial charge in [0.2, 0.25) is 6.41 Å². The molecule has 0 bridgehead atoms. The van der Waals surface area contributed by atoms with E-state index in [4.69, 9.17) is 5.11 Å². The molecule has 4 heteroatoms. The summed E-state index contributed by atoms with van der Waals surface area (Å²) in [5, 5.41) is 11.6. The van der Waals surface area contributed by atoms with E-state index >= 15 is 0 Å². The van der Waals surface area contributed by atoms with Crippen LogP contribution in [0.15, 0.2) is 24.3 Å². The molecule has 0 spiro atoms. The lowest BCUT2D eigenvalue weighted by atomic mass is 10.0. The normalized spacial score (nSPS) is 23.2. The zero-order chi connectivity index (χ0) is 10.8. The first-order valence-electron chi connectivity index (χ1n) is 4.74. The summed E-state index contributed by atoms with van der Waals surface area (Å²) in [6, 6.07) is 7.09. The molecule has 0 heterocycles. The van der Waals surface area contributed by atoms with Crippen LogP contribution in [0.5, 0.6) is 0 Å². The van der Waals surface area contributed by atoms with Crippen LogP contribution in [-0.2, 0) is 16.0 Å². The fourth-order valence-corrected chi connectivity index (χ4v) is 2.10. The van der Waals surface area contributed by atoms with Crippen molar-refractivity contribution in [2.24, 2.45) is 5.92 Å². The largest absolute Gasteiger partial charge is 0.481 e. The van der Waals surface area contributed by atoms with E-state index in [0.717, 1.165) is 11.1 Å². The fraction of sp³-hybridized carbons (Fsp3) is 0.273. The predicted octanol–water partition coefficient (Wildman–Crippen LogP) is 0.731. The van der Waals surface area contributed by atoms with Crippen LogP contribution in [0.2, 0.25) is 0 Å². The quantitative estimate of drug-likeness (QED) is 0.715. The highest BCUT2D eigenvalue weighted by atomic mass is 16.4. The lowest BCUT2D eigenvalue weighted by molar-refractivity contribution is -0.142. The van der Waals surface area contributed by atoms with E-state index in [1.165, 1.54) is 0 Å². The summed E-state index contributed by atoms with van der Waals surface area (Å²) < 4.78 is 0. The van der Waals surface area contributed by atoms with Crippen LogP contribution in [0, 0.1) is 5.92 Å². The molecule has 78 valence electrons. The van der Waals surface area contributed by atoms with Gasteiger partial charge in [-0.05, 0) is 17.5 Å². The second-order valence-electron chi connectivity index (χ2n) is 3.61. The van der Waals surface area contributed by atoms with Gasteiger partial charge in [-0.1, -0.05) is 24.3 Å². The Morgan fingerprint density at radius 3 is 2.87 bits per heavy atom. The van der Waals surface area contributed by atoms with Crippen molar-refractivity contribution in [3.8, 4) is 0 Å². The summed E-state index contributed by atoms with van der Waals surface area (Å²) in [7, 11) is 0. The number of carboxylic acid groups (broad SMARTS) is 1. The molecule has 0 fully saturated rings. The average molecular weight is 205 g/mol. The number of carboxylic acids is 1. The average Bonchev–Trinajstić information content (AvgIpc) is 2.58. The molecule has 2 atom stereocenters. The maximum atomic E-state index is 11.0. The summed E-state index contributed by atoms with van der Waals surface area (Å²) in [5.74, 6) is -1.42. The first-order chi connectivity index (χ1) is 7.24. The Bertz CT molecular complexity index is 403. The second-order valence-corrected chi connectivity index (χ2v) is 3.61. The Labute approximate surface area is 86.9 Å². The number of carbonyl (C=O) groups excluding carboxylic acids is 1. The van der Waals surface area contributed by atoms with E-state index in [9.17, 15) is 9.59 Å². The van der Waals surface area contributed by atoms with Crippen molar-refractivity contribution in [3.05, 3.63) is 35.4 Å². The minimum Gasteiger partial charge on any atom is -0.481 e. The highest BCUT2D eigenvalue weighted by molar-refractivity contribution is 5.74. The Morgan fingerprint density at radius 1 is 1.47 bits per heavy atom. The predicted molar refractivity (Wildman–Crippen MR) is 53.2 cm³/mol. The van der Waals surface area contributed by atoms with Crippen LogP contribution in [0.3, 0.4) is 0 Å². The maximum Gasteiger partial charge on any atom is 0.309 e. The third-order valence-electron chi connectivity index (χ3n) is 2.80. The van der Waals surface area contributed by atoms with Crippen molar-refractivity contribution < 1.29 is 14.7 Å². The smallest absolute Gasteiger partial charge is 0.309 e. The number of amides is 1. The first-order valence-corrected chi connectivity index (χ1v) is 4.74. The second kappa shape index (κ2) is 3.73. The zero-order valence-corrected chi connectivity index (χ0v) is 8.01. The number of benzene rings is 1. The van der Waals surface area contributed by atoms with Gasteiger partial charge in [-0.15, -0.1) is 0 Å². The van der Waals surface area contributed by atoms with Crippen molar-refractivity contribution in [2.45, 2.75) is 12.5 Å². The Hall–Kier alpha value is -1.84. The van der Waals surface area contributed by atoms with Crippen molar-refractivity contribution in [2.75, 3.05) is 0 Å². The molecule has 0 aliphatic heterocycles. The van der Waals surface area contributed by atoms with Gasteiger partial charge >= 0.3 is 5.97 Å². The van der Waals surface area contributed by atoms with Gasteiger partial charge in [0, 0.05) is 0 Å². The van der Waals surface area contributed by atoms with Crippen LogP contribution in [-0.4, -0.2) is 17.5 Å². The number of rotatable bonds is 3. The molecular weight excluding hydrogens is 194 g/mol. The SMILES string of the molecule is O=CNC1c2ccccc2CC1C(=O)O. The molecular formula is C11H11NO3. The molecule has 1 amide bonds. The minimum atomic E-state index is -0.870. The van der Waals surface area contributed by atoms with Crippen molar-refractivity contribution in [3.63, 3.8) is 0 Å². The Morgan fingerprint density at radius 2 is 2.20 bits per heavy atom. The standard InChI is InChI=1S/C11H11NO3/c13-6-12-10-8-4-2-1-3-7(8)5-9(10)11(14)15/h1-4,6,9-10H,5H2,(H,12,13)(H,14,15). The van der Waals surface area contributed by atoms with Gasteiger partial charge in [0.1, 0.15) is 0 Å². The number of hydrogen-bond donors (Lipinski definition) is 2. The van der Waals surface area contributed by atoms with Crippen molar-refractivity contribution in [1.82, 2.24) is 5.32 Å². The van der Waals surface area contributed by atoms with E-state index in [2.05, 4.69) is 5.32 Å². The Balaban J connectivity index is 2.37. The van der Waals surface area contributed by atoms with Crippen LogP contribution in [0.4, 0.5) is 0 Å². The van der Waals surface area contributed by atoms with Gasteiger partial charge in [0.05, 0.1) is 12.0 Å². The lowest BCUT2D eigenvalue weighted by Gasteiger charge is -2.15. The molecule has 1 aliphatic rings. The fourth-order valence-electron chi connectivity index (χ4n) is 2.10. The molecule has 15 heavy (non-hydrogen) atoms. The van der Waals surface area contributed by atoms with Gasteiger partial charge in [0.15, 0.2) is 0 Å². The number of fused-ring (bicyclic) bond motifs is 1. The van der Waals surface area contributed by atoms with Gasteiger partial charge < -0.3 is 10.4 Å². The summed E-state index contributed by atoms with van der Waals surface area (Å²) in [6.45, 7) is 0. The lowest BCUT2D eigenvalue weighted by Crippen LogP contribution is -2.29. The van der Waals surface area contributed by atoms with Gasteiger partial charge in [0.25, 0.3) is 0 Å². The van der Waals surface area contributed by atoms with Gasteiger partial charge in [-0.25, -0.2) is 0 Å². The molecule has 1 aromatic rings. The summed E-state index contributed by atoms with van der Waals surface area (Å²) in [6.07, 6.45) is 1.04.